The molecule has 0 bridgehead atoms. The molecule has 2 rings (SSSR count). The molecule has 2 heteroatoms. The van der Waals surface area contributed by atoms with E-state index in [1.807, 2.05) is 6.07 Å². The molecule has 1 atom stereocenters. The minimum atomic E-state index is -0.306. The molecule has 0 saturated carbocycles. The van der Waals surface area contributed by atoms with E-state index in [0.29, 0.717) is 0 Å². The maximum Gasteiger partial charge on any atom is 0.113 e. The minimum absolute atomic E-state index is 0.306. The zero-order chi connectivity index (χ0) is 12.8. The summed E-state index contributed by atoms with van der Waals surface area (Å²) < 4.78 is 0. The third kappa shape index (κ3) is 2.63. The monoisotopic (exact) mass is 240 g/mol. The molecule has 1 aliphatic rings. The van der Waals surface area contributed by atoms with Crippen LogP contribution in [0.5, 0.6) is 0 Å². The Kier molecular flexibility index (Phi) is 4.17. The van der Waals surface area contributed by atoms with Crippen molar-refractivity contribution in [1.82, 2.24) is 4.90 Å². The fourth-order valence-electron chi connectivity index (χ4n) is 2.65. The van der Waals surface area contributed by atoms with Crippen LogP contribution < -0.4 is 0 Å². The van der Waals surface area contributed by atoms with Crippen molar-refractivity contribution in [3.8, 4) is 6.07 Å². The lowest BCUT2D eigenvalue weighted by Crippen LogP contribution is -2.48. The van der Waals surface area contributed by atoms with Gasteiger partial charge in [0.25, 0.3) is 0 Å². The predicted octanol–water partition coefficient (Wildman–Crippen LogP) is 3.51. The number of nitriles is 1. The Bertz CT molecular complexity index is 444. The fourth-order valence-corrected chi connectivity index (χ4v) is 2.65. The van der Waals surface area contributed by atoms with Crippen LogP contribution in [0.2, 0.25) is 0 Å². The average Bonchev–Trinajstić information content (AvgIpc) is 2.42. The van der Waals surface area contributed by atoms with E-state index in [0.717, 1.165) is 32.4 Å². The molecule has 1 aromatic carbocycles. The zero-order valence-electron chi connectivity index (χ0n) is 11.0. The summed E-state index contributed by atoms with van der Waals surface area (Å²) in [6.07, 6.45) is 7.17. The standard InChI is InChI=1S/C16H20N2/c1-2-10-16(14-17)11-6-7-12-18(16)13-15-8-4-3-5-9-15/h3-9H,2,10-13H2,1H3. The quantitative estimate of drug-likeness (QED) is 0.753. The predicted molar refractivity (Wildman–Crippen MR) is 73.9 cm³/mol. The zero-order valence-corrected chi connectivity index (χ0v) is 11.0. The summed E-state index contributed by atoms with van der Waals surface area (Å²) >= 11 is 0. The Morgan fingerprint density at radius 1 is 1.28 bits per heavy atom. The maximum atomic E-state index is 9.60. The van der Waals surface area contributed by atoms with Crippen molar-refractivity contribution in [1.29, 1.82) is 5.26 Å². The van der Waals surface area contributed by atoms with Crippen LogP contribution in [-0.4, -0.2) is 17.0 Å². The number of rotatable bonds is 4. The Labute approximate surface area is 110 Å². The largest absolute Gasteiger partial charge is 0.277 e. The number of hydrogen-bond donors (Lipinski definition) is 0. The molecule has 0 amide bonds. The molecule has 0 aliphatic carbocycles. The molecule has 0 N–H and O–H groups in total. The summed E-state index contributed by atoms with van der Waals surface area (Å²) in [5.74, 6) is 0. The lowest BCUT2D eigenvalue weighted by Gasteiger charge is -2.40. The number of benzene rings is 1. The van der Waals surface area contributed by atoms with Crippen LogP contribution in [0, 0.1) is 11.3 Å². The Hall–Kier alpha value is -1.59. The molecule has 0 saturated heterocycles. The highest BCUT2D eigenvalue weighted by atomic mass is 15.2. The van der Waals surface area contributed by atoms with Gasteiger partial charge in [0.2, 0.25) is 0 Å². The van der Waals surface area contributed by atoms with Crippen LogP contribution in [0.3, 0.4) is 0 Å². The van der Waals surface area contributed by atoms with Crippen molar-refractivity contribution < 1.29 is 0 Å². The molecule has 1 unspecified atom stereocenters. The van der Waals surface area contributed by atoms with Gasteiger partial charge in [-0.15, -0.1) is 0 Å². The van der Waals surface area contributed by atoms with Crippen LogP contribution in [-0.2, 0) is 6.54 Å². The van der Waals surface area contributed by atoms with Gasteiger partial charge in [0.05, 0.1) is 6.07 Å². The fraction of sp³-hybridized carbons (Fsp3) is 0.438. The van der Waals surface area contributed by atoms with Gasteiger partial charge in [0.1, 0.15) is 5.54 Å². The van der Waals surface area contributed by atoms with Crippen molar-refractivity contribution in [2.75, 3.05) is 6.54 Å². The first kappa shape index (κ1) is 12.9. The minimum Gasteiger partial charge on any atom is -0.277 e. The Morgan fingerprint density at radius 2 is 2.06 bits per heavy atom. The second kappa shape index (κ2) is 5.84. The molecule has 18 heavy (non-hydrogen) atoms. The van der Waals surface area contributed by atoms with Crippen molar-refractivity contribution in [2.45, 2.75) is 38.3 Å². The van der Waals surface area contributed by atoms with E-state index in [9.17, 15) is 5.26 Å². The second-order valence-corrected chi connectivity index (χ2v) is 4.94. The molecule has 2 nitrogen and oxygen atoms in total. The summed E-state index contributed by atoms with van der Waals surface area (Å²) in [5.41, 5.74) is 0.975. The summed E-state index contributed by atoms with van der Waals surface area (Å²) in [7, 11) is 0. The van der Waals surface area contributed by atoms with Gasteiger partial charge in [-0.2, -0.15) is 5.26 Å². The number of hydrogen-bond acceptors (Lipinski definition) is 2. The third-order valence-corrected chi connectivity index (χ3v) is 3.64. The molecule has 0 fully saturated rings. The van der Waals surface area contributed by atoms with Gasteiger partial charge >= 0.3 is 0 Å². The maximum absolute atomic E-state index is 9.60. The van der Waals surface area contributed by atoms with E-state index < -0.39 is 0 Å². The first-order chi connectivity index (χ1) is 8.80. The van der Waals surface area contributed by atoms with Gasteiger partial charge in [0, 0.05) is 13.1 Å². The normalized spacial score (nSPS) is 23.8. The van der Waals surface area contributed by atoms with E-state index >= 15 is 0 Å². The van der Waals surface area contributed by atoms with E-state index in [2.05, 4.69) is 54.3 Å². The molecule has 0 spiro atoms. The Balaban J connectivity index is 2.19. The van der Waals surface area contributed by atoms with Gasteiger partial charge in [0.15, 0.2) is 0 Å². The van der Waals surface area contributed by atoms with Crippen molar-refractivity contribution >= 4 is 0 Å². The van der Waals surface area contributed by atoms with Crippen molar-refractivity contribution in [3.63, 3.8) is 0 Å². The molecule has 1 aliphatic heterocycles. The smallest absolute Gasteiger partial charge is 0.113 e. The van der Waals surface area contributed by atoms with E-state index in [1.165, 1.54) is 5.56 Å². The number of nitrogens with zero attached hydrogens (tertiary/aromatic N) is 2. The lowest BCUT2D eigenvalue weighted by atomic mass is 9.86. The highest BCUT2D eigenvalue weighted by Gasteiger charge is 2.36. The van der Waals surface area contributed by atoms with Crippen molar-refractivity contribution in [3.05, 3.63) is 48.0 Å². The lowest BCUT2D eigenvalue weighted by molar-refractivity contribution is 0.127. The SMILES string of the molecule is CCCC1(C#N)CC=CCN1Cc1ccccc1. The van der Waals surface area contributed by atoms with Gasteiger partial charge in [-0.25, -0.2) is 0 Å². The summed E-state index contributed by atoms with van der Waals surface area (Å²) in [6.45, 7) is 3.89. The first-order valence-corrected chi connectivity index (χ1v) is 6.66. The third-order valence-electron chi connectivity index (χ3n) is 3.64. The molecule has 94 valence electrons. The molecular formula is C16H20N2. The summed E-state index contributed by atoms with van der Waals surface area (Å²) in [5, 5.41) is 9.60. The van der Waals surface area contributed by atoms with Crippen LogP contribution in [0.15, 0.2) is 42.5 Å². The molecule has 1 aromatic rings. The van der Waals surface area contributed by atoms with Crippen LogP contribution in [0.1, 0.15) is 31.7 Å². The van der Waals surface area contributed by atoms with Crippen molar-refractivity contribution in [2.24, 2.45) is 0 Å². The van der Waals surface area contributed by atoms with E-state index in [1.54, 1.807) is 0 Å². The van der Waals surface area contributed by atoms with Gasteiger partial charge in [-0.05, 0) is 18.4 Å². The van der Waals surface area contributed by atoms with Gasteiger partial charge in [-0.3, -0.25) is 4.90 Å². The van der Waals surface area contributed by atoms with E-state index in [-0.39, 0.29) is 5.54 Å². The van der Waals surface area contributed by atoms with Gasteiger partial charge < -0.3 is 0 Å². The van der Waals surface area contributed by atoms with Gasteiger partial charge in [-0.1, -0.05) is 55.8 Å². The highest BCUT2D eigenvalue weighted by Crippen LogP contribution is 2.30. The summed E-state index contributed by atoms with van der Waals surface area (Å²) in [6, 6.07) is 13.0. The van der Waals surface area contributed by atoms with E-state index in [4.69, 9.17) is 0 Å². The second-order valence-electron chi connectivity index (χ2n) is 4.94. The van der Waals surface area contributed by atoms with Crippen LogP contribution >= 0.6 is 0 Å². The highest BCUT2D eigenvalue weighted by molar-refractivity contribution is 5.20. The molecular weight excluding hydrogens is 220 g/mol. The molecule has 1 heterocycles. The molecule has 0 aromatic heterocycles. The first-order valence-electron chi connectivity index (χ1n) is 6.66. The van der Waals surface area contributed by atoms with Crippen LogP contribution in [0.4, 0.5) is 0 Å². The van der Waals surface area contributed by atoms with Crippen LogP contribution in [0.25, 0.3) is 0 Å². The summed E-state index contributed by atoms with van der Waals surface area (Å²) in [4.78, 5) is 2.31. The average molecular weight is 240 g/mol. The molecule has 0 radical (unpaired) electrons. The topological polar surface area (TPSA) is 27.0 Å². The Morgan fingerprint density at radius 3 is 2.72 bits per heavy atom.